The van der Waals surface area contributed by atoms with Crippen LogP contribution in [0.15, 0.2) is 28.8 Å². The van der Waals surface area contributed by atoms with Crippen LogP contribution >= 0.6 is 0 Å². The van der Waals surface area contributed by atoms with E-state index in [4.69, 9.17) is 10.3 Å². The monoisotopic (exact) mass is 276 g/mol. The van der Waals surface area contributed by atoms with Crippen LogP contribution in [0.5, 0.6) is 0 Å². The second-order valence-electron chi connectivity index (χ2n) is 5.13. The third-order valence-corrected chi connectivity index (χ3v) is 3.69. The molecule has 0 fully saturated rings. The Balaban J connectivity index is 2.08. The van der Waals surface area contributed by atoms with Gasteiger partial charge in [0.1, 0.15) is 11.5 Å². The normalized spacial score (nSPS) is 14.4. The van der Waals surface area contributed by atoms with E-state index in [0.717, 1.165) is 36.5 Å². The van der Waals surface area contributed by atoms with Crippen molar-refractivity contribution < 1.29 is 4.42 Å². The maximum absolute atomic E-state index is 5.76. The molecule has 3 N–H and O–H groups in total. The van der Waals surface area contributed by atoms with Crippen LogP contribution in [0, 0.1) is 0 Å². The van der Waals surface area contributed by atoms with Crippen molar-refractivity contribution in [3.63, 3.8) is 0 Å². The fraction of sp³-hybridized carbons (Fsp3) is 0.533. The number of nitrogens with one attached hydrogen (secondary N) is 1. The van der Waals surface area contributed by atoms with Crippen molar-refractivity contribution in [3.8, 4) is 0 Å². The summed E-state index contributed by atoms with van der Waals surface area (Å²) in [5.74, 6) is 7.49. The van der Waals surface area contributed by atoms with Crippen LogP contribution < -0.4 is 11.3 Å². The highest BCUT2D eigenvalue weighted by atomic mass is 16.3. The number of hydrogen-bond acceptors (Lipinski definition) is 4. The van der Waals surface area contributed by atoms with Gasteiger partial charge in [-0.2, -0.15) is 5.10 Å². The largest absolute Gasteiger partial charge is 0.464 e. The van der Waals surface area contributed by atoms with Crippen LogP contribution in [0.3, 0.4) is 0 Å². The van der Waals surface area contributed by atoms with Gasteiger partial charge in [-0.25, -0.2) is 5.43 Å². The first-order valence-electron chi connectivity index (χ1n) is 7.26. The number of aromatic nitrogens is 2. The van der Waals surface area contributed by atoms with E-state index in [0.29, 0.717) is 6.04 Å². The summed E-state index contributed by atoms with van der Waals surface area (Å²) in [5.41, 5.74) is 3.83. The van der Waals surface area contributed by atoms with E-state index in [2.05, 4.69) is 31.3 Å². The van der Waals surface area contributed by atoms with Gasteiger partial charge in [-0.1, -0.05) is 13.8 Å². The molecule has 2 aromatic rings. The second kappa shape index (κ2) is 6.72. The van der Waals surface area contributed by atoms with Gasteiger partial charge < -0.3 is 4.42 Å². The minimum absolute atomic E-state index is 0.0458. The molecule has 0 aromatic carbocycles. The van der Waals surface area contributed by atoms with Gasteiger partial charge in [0.15, 0.2) is 0 Å². The van der Waals surface area contributed by atoms with Crippen molar-refractivity contribution in [3.05, 3.63) is 41.6 Å². The Bertz CT molecular complexity index is 531. The van der Waals surface area contributed by atoms with Crippen molar-refractivity contribution in [2.45, 2.75) is 52.1 Å². The van der Waals surface area contributed by atoms with Crippen LogP contribution in [0.2, 0.25) is 0 Å². The molecule has 2 heterocycles. The first-order chi connectivity index (χ1) is 9.67. The molecule has 0 aliphatic rings. The molecule has 2 aromatic heterocycles. The molecular weight excluding hydrogens is 252 g/mol. The first kappa shape index (κ1) is 14.8. The molecule has 110 valence electrons. The fourth-order valence-electron chi connectivity index (χ4n) is 2.14. The lowest BCUT2D eigenvalue weighted by atomic mass is 10.1. The zero-order valence-corrected chi connectivity index (χ0v) is 12.5. The topological polar surface area (TPSA) is 69.0 Å². The summed E-state index contributed by atoms with van der Waals surface area (Å²) < 4.78 is 7.76. The quantitative estimate of drug-likeness (QED) is 0.602. The zero-order valence-electron chi connectivity index (χ0n) is 12.5. The Kier molecular flexibility index (Phi) is 4.98. The van der Waals surface area contributed by atoms with Crippen molar-refractivity contribution in [1.29, 1.82) is 0 Å². The minimum Gasteiger partial charge on any atom is -0.464 e. The smallest absolute Gasteiger partial charge is 0.122 e. The lowest BCUT2D eigenvalue weighted by Gasteiger charge is -2.12. The summed E-state index contributed by atoms with van der Waals surface area (Å²) in [5, 5.41) is 4.60. The number of furan rings is 1. The number of nitrogens with zero attached hydrogens (tertiary/aromatic N) is 2. The highest BCUT2D eigenvalue weighted by Crippen LogP contribution is 2.20. The van der Waals surface area contributed by atoms with E-state index < -0.39 is 0 Å². The second-order valence-corrected chi connectivity index (χ2v) is 5.13. The molecule has 0 aliphatic carbocycles. The van der Waals surface area contributed by atoms with Crippen LogP contribution in [0.4, 0.5) is 0 Å². The Labute approximate surface area is 120 Å². The maximum atomic E-state index is 5.76. The highest BCUT2D eigenvalue weighted by Gasteiger charge is 2.16. The van der Waals surface area contributed by atoms with Crippen LogP contribution in [0.1, 0.15) is 56.5 Å². The van der Waals surface area contributed by atoms with E-state index >= 15 is 0 Å². The number of hydrazine groups is 1. The summed E-state index contributed by atoms with van der Waals surface area (Å²) in [6, 6.07) is 6.39. The lowest BCUT2D eigenvalue weighted by molar-refractivity contribution is 0.392. The molecule has 5 nitrogen and oxygen atoms in total. The number of nitrogens with two attached hydrogens (primary N) is 1. The van der Waals surface area contributed by atoms with E-state index in [9.17, 15) is 0 Å². The van der Waals surface area contributed by atoms with Crippen LogP contribution in [-0.4, -0.2) is 9.78 Å². The molecule has 2 rings (SSSR count). The number of rotatable bonds is 7. The van der Waals surface area contributed by atoms with Gasteiger partial charge >= 0.3 is 0 Å². The van der Waals surface area contributed by atoms with Gasteiger partial charge in [0.25, 0.3) is 0 Å². The molecule has 20 heavy (non-hydrogen) atoms. The van der Waals surface area contributed by atoms with Crippen molar-refractivity contribution in [2.75, 3.05) is 0 Å². The summed E-state index contributed by atoms with van der Waals surface area (Å²) in [7, 11) is 0. The molecule has 2 unspecified atom stereocenters. The Morgan fingerprint density at radius 1 is 1.35 bits per heavy atom. The van der Waals surface area contributed by atoms with E-state index in [-0.39, 0.29) is 6.04 Å². The Morgan fingerprint density at radius 3 is 2.75 bits per heavy atom. The molecule has 0 amide bonds. The molecule has 0 aliphatic heterocycles. The SMILES string of the molecule is CCc1ccc(C(Cc2ccn(C(C)CC)n2)NN)o1. The van der Waals surface area contributed by atoms with Crippen LogP contribution in [0.25, 0.3) is 0 Å². The molecule has 2 atom stereocenters. The van der Waals surface area contributed by atoms with Gasteiger partial charge in [0, 0.05) is 25.1 Å². The fourth-order valence-corrected chi connectivity index (χ4v) is 2.14. The summed E-state index contributed by atoms with van der Waals surface area (Å²) in [4.78, 5) is 0. The summed E-state index contributed by atoms with van der Waals surface area (Å²) >= 11 is 0. The average Bonchev–Trinajstić information content (AvgIpc) is 3.12. The number of aryl methyl sites for hydroxylation is 1. The summed E-state index contributed by atoms with van der Waals surface area (Å²) in [6.07, 6.45) is 4.70. The molecule has 0 saturated carbocycles. The van der Waals surface area contributed by atoms with E-state index in [1.54, 1.807) is 0 Å². The van der Waals surface area contributed by atoms with Crippen molar-refractivity contribution in [1.82, 2.24) is 15.2 Å². The minimum atomic E-state index is -0.0458. The Hall–Kier alpha value is -1.59. The third-order valence-electron chi connectivity index (χ3n) is 3.69. The van der Waals surface area contributed by atoms with Gasteiger partial charge in [0.2, 0.25) is 0 Å². The van der Waals surface area contributed by atoms with Gasteiger partial charge in [-0.15, -0.1) is 0 Å². The van der Waals surface area contributed by atoms with Crippen LogP contribution in [-0.2, 0) is 12.8 Å². The van der Waals surface area contributed by atoms with Gasteiger partial charge in [-0.3, -0.25) is 10.5 Å². The Morgan fingerprint density at radius 2 is 2.15 bits per heavy atom. The standard InChI is InChI=1S/C15H24N4O/c1-4-11(3)19-9-8-12(18-19)10-14(17-16)15-7-6-13(5-2)20-15/h6-9,11,14,17H,4-5,10,16H2,1-3H3. The average molecular weight is 276 g/mol. The molecular formula is C15H24N4O. The predicted octanol–water partition coefficient (Wildman–Crippen LogP) is 2.76. The highest BCUT2D eigenvalue weighted by molar-refractivity contribution is 5.14. The van der Waals surface area contributed by atoms with Crippen molar-refractivity contribution >= 4 is 0 Å². The zero-order chi connectivity index (χ0) is 14.5. The molecule has 0 bridgehead atoms. The van der Waals surface area contributed by atoms with E-state index in [1.165, 1.54) is 0 Å². The lowest BCUT2D eigenvalue weighted by Crippen LogP contribution is -2.29. The molecule has 0 saturated heterocycles. The van der Waals surface area contributed by atoms with Crippen molar-refractivity contribution in [2.24, 2.45) is 5.84 Å². The molecule has 0 spiro atoms. The summed E-state index contributed by atoms with van der Waals surface area (Å²) in [6.45, 7) is 6.39. The number of hydrogen-bond donors (Lipinski definition) is 2. The maximum Gasteiger partial charge on any atom is 0.122 e. The van der Waals surface area contributed by atoms with Gasteiger partial charge in [0.05, 0.1) is 11.7 Å². The van der Waals surface area contributed by atoms with Gasteiger partial charge in [-0.05, 0) is 31.5 Å². The third kappa shape index (κ3) is 3.29. The predicted molar refractivity (Wildman–Crippen MR) is 79.1 cm³/mol. The molecule has 0 radical (unpaired) electrons. The molecule has 5 heteroatoms. The first-order valence-corrected chi connectivity index (χ1v) is 7.26. The van der Waals surface area contributed by atoms with E-state index in [1.807, 2.05) is 29.1 Å².